The van der Waals surface area contributed by atoms with Crippen molar-refractivity contribution in [3.63, 3.8) is 0 Å². The molecular formula is C23H31ClN2O3. The number of carbonyl (C=O) groups is 2. The fourth-order valence-electron chi connectivity index (χ4n) is 3.89. The van der Waals surface area contributed by atoms with E-state index in [1.807, 2.05) is 18.2 Å². The Morgan fingerprint density at radius 2 is 1.86 bits per heavy atom. The number of hydrogen-bond acceptors (Lipinski definition) is 4. The lowest BCUT2D eigenvalue weighted by atomic mass is 9.93. The van der Waals surface area contributed by atoms with Gasteiger partial charge in [0.15, 0.2) is 0 Å². The van der Waals surface area contributed by atoms with E-state index < -0.39 is 0 Å². The second-order valence-corrected chi connectivity index (χ2v) is 7.64. The summed E-state index contributed by atoms with van der Waals surface area (Å²) in [5.41, 5.74) is 1.07. The van der Waals surface area contributed by atoms with Crippen LogP contribution in [-0.2, 0) is 20.7 Å². The minimum Gasteiger partial charge on any atom is -0.469 e. The van der Waals surface area contributed by atoms with Crippen LogP contribution in [0.3, 0.4) is 0 Å². The quantitative estimate of drug-likeness (QED) is 0.644. The molecule has 1 unspecified atom stereocenters. The highest BCUT2D eigenvalue weighted by Crippen LogP contribution is 2.19. The van der Waals surface area contributed by atoms with Crippen LogP contribution in [0.15, 0.2) is 42.5 Å². The Bertz CT molecular complexity index is 806. The van der Waals surface area contributed by atoms with Crippen molar-refractivity contribution in [3.05, 3.63) is 48.0 Å². The molecule has 1 fully saturated rings. The van der Waals surface area contributed by atoms with E-state index >= 15 is 0 Å². The highest BCUT2D eigenvalue weighted by atomic mass is 35.5. The number of nitrogens with one attached hydrogen (secondary N) is 2. The highest BCUT2D eigenvalue weighted by molar-refractivity contribution is 5.85. The zero-order valence-corrected chi connectivity index (χ0v) is 17.8. The Hall–Kier alpha value is -2.11. The maximum atomic E-state index is 12.2. The van der Waals surface area contributed by atoms with Gasteiger partial charge < -0.3 is 15.4 Å². The van der Waals surface area contributed by atoms with Crippen molar-refractivity contribution in [1.29, 1.82) is 0 Å². The summed E-state index contributed by atoms with van der Waals surface area (Å²) in [6, 6.07) is 14.4. The number of esters is 1. The number of methoxy groups -OCH3 is 1. The summed E-state index contributed by atoms with van der Waals surface area (Å²) in [6.45, 7) is 2.40. The number of amides is 1. The average molecular weight is 419 g/mol. The van der Waals surface area contributed by atoms with Crippen LogP contribution in [0.1, 0.15) is 31.2 Å². The molecule has 6 heteroatoms. The Morgan fingerprint density at radius 3 is 2.59 bits per heavy atom. The maximum Gasteiger partial charge on any atom is 0.310 e. The van der Waals surface area contributed by atoms with Gasteiger partial charge in [-0.05, 0) is 61.0 Å². The second-order valence-electron chi connectivity index (χ2n) is 7.64. The van der Waals surface area contributed by atoms with E-state index in [-0.39, 0.29) is 30.2 Å². The summed E-state index contributed by atoms with van der Waals surface area (Å²) in [6.07, 6.45) is 4.27. The first-order chi connectivity index (χ1) is 13.7. The molecule has 0 saturated carbocycles. The van der Waals surface area contributed by atoms with Crippen LogP contribution in [0, 0.1) is 11.8 Å². The molecule has 5 nitrogen and oxygen atoms in total. The van der Waals surface area contributed by atoms with E-state index in [1.165, 1.54) is 12.5 Å². The number of carbonyl (C=O) groups excluding carboxylic acids is 2. The van der Waals surface area contributed by atoms with Crippen molar-refractivity contribution in [2.75, 3.05) is 26.7 Å². The summed E-state index contributed by atoms with van der Waals surface area (Å²) in [5, 5.41) is 8.60. The molecule has 158 valence electrons. The molecule has 1 amide bonds. The zero-order valence-electron chi connectivity index (χ0n) is 17.0. The van der Waals surface area contributed by atoms with Gasteiger partial charge in [0.25, 0.3) is 0 Å². The number of benzene rings is 2. The second kappa shape index (κ2) is 11.8. The first-order valence-corrected chi connectivity index (χ1v) is 10.2. The third-order valence-corrected chi connectivity index (χ3v) is 5.61. The SMILES string of the molecule is COC(=O)C(CNC(=O)CCC1CCNCC1)Cc1ccc2ccccc2c1.Cl. The van der Waals surface area contributed by atoms with Crippen molar-refractivity contribution in [2.45, 2.75) is 32.1 Å². The largest absolute Gasteiger partial charge is 0.469 e. The van der Waals surface area contributed by atoms with Crippen molar-refractivity contribution < 1.29 is 14.3 Å². The van der Waals surface area contributed by atoms with Gasteiger partial charge in [0.2, 0.25) is 5.91 Å². The van der Waals surface area contributed by atoms with E-state index in [2.05, 4.69) is 34.9 Å². The van der Waals surface area contributed by atoms with Gasteiger partial charge in [-0.25, -0.2) is 0 Å². The Labute approximate surface area is 179 Å². The lowest BCUT2D eigenvalue weighted by molar-refractivity contribution is -0.145. The molecule has 0 aliphatic carbocycles. The molecule has 1 heterocycles. The number of halogens is 1. The standard InChI is InChI=1S/C23H30N2O3.ClH/c1-28-23(27)21(15-18-6-8-19-4-2-3-5-20(19)14-18)16-25-22(26)9-7-17-10-12-24-13-11-17;/h2-6,8,14,17,21,24H,7,9-13,15-16H2,1H3,(H,25,26);1H. The van der Waals surface area contributed by atoms with E-state index in [4.69, 9.17) is 4.74 Å². The number of piperidine rings is 1. The maximum absolute atomic E-state index is 12.2. The van der Waals surface area contributed by atoms with Crippen LogP contribution in [0.25, 0.3) is 10.8 Å². The molecule has 2 N–H and O–H groups in total. The Balaban J connectivity index is 0.00000300. The third-order valence-electron chi connectivity index (χ3n) is 5.61. The molecule has 1 saturated heterocycles. The first-order valence-electron chi connectivity index (χ1n) is 10.2. The molecule has 29 heavy (non-hydrogen) atoms. The van der Waals surface area contributed by atoms with Crippen LogP contribution >= 0.6 is 12.4 Å². The fourth-order valence-corrected chi connectivity index (χ4v) is 3.89. The molecule has 1 aliphatic heterocycles. The van der Waals surface area contributed by atoms with E-state index in [9.17, 15) is 9.59 Å². The normalized spacial score (nSPS) is 15.3. The van der Waals surface area contributed by atoms with Gasteiger partial charge in [-0.15, -0.1) is 12.4 Å². The summed E-state index contributed by atoms with van der Waals surface area (Å²) in [5.74, 6) is -0.0206. The summed E-state index contributed by atoms with van der Waals surface area (Å²) in [4.78, 5) is 24.5. The molecule has 0 bridgehead atoms. The van der Waals surface area contributed by atoms with Gasteiger partial charge in [0, 0.05) is 13.0 Å². The average Bonchev–Trinajstić information content (AvgIpc) is 2.75. The molecule has 0 radical (unpaired) electrons. The van der Waals surface area contributed by atoms with Crippen LogP contribution < -0.4 is 10.6 Å². The van der Waals surface area contributed by atoms with Crippen molar-refractivity contribution >= 4 is 35.1 Å². The first kappa shape index (κ1) is 23.2. The molecule has 1 aliphatic rings. The lowest BCUT2D eigenvalue weighted by Gasteiger charge is -2.22. The van der Waals surface area contributed by atoms with Gasteiger partial charge in [-0.1, -0.05) is 42.5 Å². The van der Waals surface area contributed by atoms with Crippen molar-refractivity contribution in [2.24, 2.45) is 11.8 Å². The smallest absolute Gasteiger partial charge is 0.310 e. The summed E-state index contributed by atoms with van der Waals surface area (Å²) < 4.78 is 4.96. The van der Waals surface area contributed by atoms with Crippen LogP contribution in [0.4, 0.5) is 0 Å². The number of rotatable bonds is 8. The topological polar surface area (TPSA) is 67.4 Å². The number of fused-ring (bicyclic) bond motifs is 1. The minimum absolute atomic E-state index is 0. The molecule has 0 spiro atoms. The summed E-state index contributed by atoms with van der Waals surface area (Å²) >= 11 is 0. The van der Waals surface area contributed by atoms with Crippen LogP contribution in [0.5, 0.6) is 0 Å². The van der Waals surface area contributed by atoms with Crippen LogP contribution in [0.2, 0.25) is 0 Å². The van der Waals surface area contributed by atoms with Gasteiger partial charge >= 0.3 is 5.97 Å². The molecule has 3 rings (SSSR count). The number of hydrogen-bond donors (Lipinski definition) is 2. The van der Waals surface area contributed by atoms with Gasteiger partial charge in [0.1, 0.15) is 0 Å². The van der Waals surface area contributed by atoms with Gasteiger partial charge in [0.05, 0.1) is 13.0 Å². The highest BCUT2D eigenvalue weighted by Gasteiger charge is 2.21. The molecule has 0 aromatic heterocycles. The molecule has 2 aromatic carbocycles. The predicted octanol–water partition coefficient (Wildman–Crippen LogP) is 3.49. The lowest BCUT2D eigenvalue weighted by Crippen LogP contribution is -2.35. The van der Waals surface area contributed by atoms with E-state index in [1.54, 1.807) is 0 Å². The summed E-state index contributed by atoms with van der Waals surface area (Å²) in [7, 11) is 1.40. The van der Waals surface area contributed by atoms with Crippen LogP contribution in [-0.4, -0.2) is 38.6 Å². The minimum atomic E-state index is -0.381. The predicted molar refractivity (Wildman–Crippen MR) is 118 cm³/mol. The van der Waals surface area contributed by atoms with E-state index in [0.29, 0.717) is 25.3 Å². The zero-order chi connectivity index (χ0) is 19.8. The Morgan fingerprint density at radius 1 is 1.14 bits per heavy atom. The molecule has 2 aromatic rings. The van der Waals surface area contributed by atoms with Gasteiger partial charge in [-0.3, -0.25) is 9.59 Å². The molecule has 1 atom stereocenters. The van der Waals surface area contributed by atoms with Crippen molar-refractivity contribution in [3.8, 4) is 0 Å². The monoisotopic (exact) mass is 418 g/mol. The molecular weight excluding hydrogens is 388 g/mol. The third kappa shape index (κ3) is 7.02. The van der Waals surface area contributed by atoms with E-state index in [0.717, 1.165) is 43.3 Å². The van der Waals surface area contributed by atoms with Gasteiger partial charge in [-0.2, -0.15) is 0 Å². The fraction of sp³-hybridized carbons (Fsp3) is 0.478. The van der Waals surface area contributed by atoms with Crippen molar-refractivity contribution in [1.82, 2.24) is 10.6 Å². The number of ether oxygens (including phenoxy) is 1. The Kier molecular flexibility index (Phi) is 9.42.